The number of aliphatic hydroxyl groups is 1. The lowest BCUT2D eigenvalue weighted by Crippen LogP contribution is -2.38. The molecule has 6 heteroatoms. The van der Waals surface area contributed by atoms with Crippen LogP contribution in [0.15, 0.2) is 23.1 Å². The first-order valence-electron chi connectivity index (χ1n) is 5.78. The molecule has 4 N–H and O–H groups in total. The van der Waals surface area contributed by atoms with Crippen LogP contribution in [-0.2, 0) is 10.0 Å². The lowest BCUT2D eigenvalue weighted by atomic mass is 10.1. The zero-order valence-corrected chi connectivity index (χ0v) is 11.7. The molecule has 0 amide bonds. The maximum Gasteiger partial charge on any atom is 0.241 e. The van der Waals surface area contributed by atoms with Crippen molar-refractivity contribution in [3.05, 3.63) is 23.8 Å². The predicted octanol–water partition coefficient (Wildman–Crippen LogP) is 0.872. The molecule has 2 atom stereocenters. The minimum absolute atomic E-state index is 0.0698. The molecule has 0 spiro atoms. The van der Waals surface area contributed by atoms with Gasteiger partial charge in [-0.05, 0) is 37.5 Å². The van der Waals surface area contributed by atoms with Crippen LogP contribution < -0.4 is 10.5 Å². The molecule has 0 aliphatic rings. The van der Waals surface area contributed by atoms with Gasteiger partial charge < -0.3 is 10.8 Å². The quantitative estimate of drug-likeness (QED) is 0.694. The van der Waals surface area contributed by atoms with E-state index in [1.54, 1.807) is 32.9 Å². The number of hydrogen-bond donors (Lipinski definition) is 3. The van der Waals surface area contributed by atoms with Crippen LogP contribution in [0.25, 0.3) is 0 Å². The van der Waals surface area contributed by atoms with Crippen molar-refractivity contribution in [2.45, 2.75) is 31.7 Å². The van der Waals surface area contributed by atoms with E-state index in [0.29, 0.717) is 11.3 Å². The van der Waals surface area contributed by atoms with Crippen molar-refractivity contribution in [2.24, 2.45) is 5.92 Å². The highest BCUT2D eigenvalue weighted by Crippen LogP contribution is 2.21. The second-order valence-corrected chi connectivity index (χ2v) is 6.22. The van der Waals surface area contributed by atoms with Gasteiger partial charge in [0.05, 0.1) is 4.90 Å². The first kappa shape index (κ1) is 14.9. The van der Waals surface area contributed by atoms with Crippen molar-refractivity contribution in [1.82, 2.24) is 4.72 Å². The average molecular weight is 272 g/mol. The standard InChI is InChI=1S/C12H20N2O3S/c1-8(7-15)10(3)14-18(16,17)12-6-4-5-11(13)9(12)2/h4-6,8,10,14-15H,7,13H2,1-3H3. The summed E-state index contributed by atoms with van der Waals surface area (Å²) in [6.45, 7) is 5.10. The Labute approximate surface area is 108 Å². The molecule has 0 radical (unpaired) electrons. The summed E-state index contributed by atoms with van der Waals surface area (Å²) in [7, 11) is -3.61. The van der Waals surface area contributed by atoms with Gasteiger partial charge in [0.15, 0.2) is 0 Å². The molecule has 0 bridgehead atoms. The molecule has 5 nitrogen and oxygen atoms in total. The van der Waals surface area contributed by atoms with E-state index in [-0.39, 0.29) is 23.5 Å². The fraction of sp³-hybridized carbons (Fsp3) is 0.500. The lowest BCUT2D eigenvalue weighted by molar-refractivity contribution is 0.216. The normalized spacial score (nSPS) is 15.3. The molecule has 0 aromatic heterocycles. The van der Waals surface area contributed by atoms with Gasteiger partial charge in [-0.1, -0.05) is 13.0 Å². The SMILES string of the molecule is Cc1c(N)cccc1S(=O)(=O)NC(C)C(C)CO. The van der Waals surface area contributed by atoms with Crippen LogP contribution >= 0.6 is 0 Å². The van der Waals surface area contributed by atoms with Gasteiger partial charge in [0.25, 0.3) is 0 Å². The molecule has 0 saturated carbocycles. The molecular formula is C12H20N2O3S. The summed E-state index contributed by atoms with van der Waals surface area (Å²) in [5.41, 5.74) is 6.68. The van der Waals surface area contributed by atoms with Crippen LogP contribution in [0.5, 0.6) is 0 Å². The van der Waals surface area contributed by atoms with Crippen molar-refractivity contribution in [3.63, 3.8) is 0 Å². The fourth-order valence-electron chi connectivity index (χ4n) is 1.51. The summed E-state index contributed by atoms with van der Waals surface area (Å²) < 4.78 is 26.9. The Balaban J connectivity index is 3.04. The predicted molar refractivity (Wildman–Crippen MR) is 71.6 cm³/mol. The maximum atomic E-state index is 12.2. The molecule has 1 aromatic rings. The number of nitrogens with two attached hydrogens (primary N) is 1. The van der Waals surface area contributed by atoms with Crippen LogP contribution in [0.1, 0.15) is 19.4 Å². The van der Waals surface area contributed by atoms with Crippen LogP contribution in [0.2, 0.25) is 0 Å². The molecule has 1 rings (SSSR count). The summed E-state index contributed by atoms with van der Waals surface area (Å²) in [5.74, 6) is -0.152. The first-order chi connectivity index (χ1) is 8.29. The third-order valence-electron chi connectivity index (χ3n) is 3.10. The number of anilines is 1. The molecule has 0 aliphatic heterocycles. The molecule has 18 heavy (non-hydrogen) atoms. The van der Waals surface area contributed by atoms with Crippen LogP contribution in [0.4, 0.5) is 5.69 Å². The summed E-state index contributed by atoms with van der Waals surface area (Å²) in [5, 5.41) is 9.02. The topological polar surface area (TPSA) is 92.4 Å². The largest absolute Gasteiger partial charge is 0.398 e. The molecule has 0 aliphatic carbocycles. The Morgan fingerprint density at radius 1 is 1.39 bits per heavy atom. The number of rotatable bonds is 5. The number of benzene rings is 1. The van der Waals surface area contributed by atoms with Crippen LogP contribution in [-0.4, -0.2) is 26.2 Å². The van der Waals surface area contributed by atoms with Crippen molar-refractivity contribution >= 4 is 15.7 Å². The lowest BCUT2D eigenvalue weighted by Gasteiger charge is -2.20. The number of hydrogen-bond acceptors (Lipinski definition) is 4. The molecular weight excluding hydrogens is 252 g/mol. The molecule has 1 aromatic carbocycles. The Morgan fingerprint density at radius 3 is 2.56 bits per heavy atom. The molecule has 102 valence electrons. The van der Waals surface area contributed by atoms with Crippen molar-refractivity contribution in [2.75, 3.05) is 12.3 Å². The Kier molecular flexibility index (Phi) is 4.72. The van der Waals surface area contributed by atoms with Gasteiger partial charge >= 0.3 is 0 Å². The van der Waals surface area contributed by atoms with Crippen molar-refractivity contribution in [3.8, 4) is 0 Å². The molecule has 0 saturated heterocycles. The monoisotopic (exact) mass is 272 g/mol. The molecule has 0 heterocycles. The van der Waals surface area contributed by atoms with E-state index in [4.69, 9.17) is 10.8 Å². The van der Waals surface area contributed by atoms with E-state index in [1.807, 2.05) is 0 Å². The van der Waals surface area contributed by atoms with E-state index in [2.05, 4.69) is 4.72 Å². The Hall–Kier alpha value is -1.11. The smallest absolute Gasteiger partial charge is 0.241 e. The van der Waals surface area contributed by atoms with Gasteiger partial charge in [-0.15, -0.1) is 0 Å². The van der Waals surface area contributed by atoms with Gasteiger partial charge in [0, 0.05) is 18.3 Å². The van der Waals surface area contributed by atoms with Gasteiger partial charge in [0.2, 0.25) is 10.0 Å². The number of sulfonamides is 1. The number of aliphatic hydroxyl groups excluding tert-OH is 1. The second-order valence-electron chi connectivity index (χ2n) is 4.54. The van der Waals surface area contributed by atoms with E-state index in [9.17, 15) is 8.42 Å². The minimum Gasteiger partial charge on any atom is -0.398 e. The second kappa shape index (κ2) is 5.69. The highest BCUT2D eigenvalue weighted by Gasteiger charge is 2.22. The van der Waals surface area contributed by atoms with Gasteiger partial charge in [-0.25, -0.2) is 13.1 Å². The minimum atomic E-state index is -3.61. The Morgan fingerprint density at radius 2 is 2.00 bits per heavy atom. The number of nitrogen functional groups attached to an aromatic ring is 1. The van der Waals surface area contributed by atoms with E-state index >= 15 is 0 Å². The average Bonchev–Trinajstić information content (AvgIpc) is 2.30. The van der Waals surface area contributed by atoms with Crippen LogP contribution in [0, 0.1) is 12.8 Å². The Bertz CT molecular complexity index is 514. The van der Waals surface area contributed by atoms with E-state index in [1.165, 1.54) is 6.07 Å². The summed E-state index contributed by atoms with van der Waals surface area (Å²) in [6, 6.07) is 4.44. The fourth-order valence-corrected chi connectivity index (χ4v) is 3.13. The third kappa shape index (κ3) is 3.22. The van der Waals surface area contributed by atoms with Gasteiger partial charge in [-0.2, -0.15) is 0 Å². The molecule has 2 unspecified atom stereocenters. The zero-order chi connectivity index (χ0) is 13.9. The van der Waals surface area contributed by atoms with E-state index < -0.39 is 10.0 Å². The first-order valence-corrected chi connectivity index (χ1v) is 7.26. The highest BCUT2D eigenvalue weighted by molar-refractivity contribution is 7.89. The summed E-state index contributed by atoms with van der Waals surface area (Å²) in [6.07, 6.45) is 0. The number of nitrogens with one attached hydrogen (secondary N) is 1. The highest BCUT2D eigenvalue weighted by atomic mass is 32.2. The maximum absolute atomic E-state index is 12.2. The van der Waals surface area contributed by atoms with Gasteiger partial charge in [-0.3, -0.25) is 0 Å². The van der Waals surface area contributed by atoms with Crippen LogP contribution in [0.3, 0.4) is 0 Å². The zero-order valence-electron chi connectivity index (χ0n) is 10.8. The summed E-state index contributed by atoms with van der Waals surface area (Å²) >= 11 is 0. The van der Waals surface area contributed by atoms with Crippen molar-refractivity contribution in [1.29, 1.82) is 0 Å². The van der Waals surface area contributed by atoms with E-state index in [0.717, 1.165) is 0 Å². The third-order valence-corrected chi connectivity index (χ3v) is 4.80. The summed E-state index contributed by atoms with van der Waals surface area (Å²) in [4.78, 5) is 0.180. The van der Waals surface area contributed by atoms with Crippen molar-refractivity contribution < 1.29 is 13.5 Å². The molecule has 0 fully saturated rings. The van der Waals surface area contributed by atoms with Gasteiger partial charge in [0.1, 0.15) is 0 Å².